The van der Waals surface area contributed by atoms with Gasteiger partial charge in [-0.05, 0) is 42.9 Å². The smallest absolute Gasteiger partial charge is 0.326 e. The van der Waals surface area contributed by atoms with Crippen molar-refractivity contribution in [2.45, 2.75) is 64.2 Å². The Kier molecular flexibility index (Phi) is 11.3. The zero-order valence-electron chi connectivity index (χ0n) is 21.2. The highest BCUT2D eigenvalue weighted by molar-refractivity contribution is 7.98. The van der Waals surface area contributed by atoms with E-state index in [0.717, 1.165) is 16.5 Å². The number of para-hydroxylation sites is 1. The quantitative estimate of drug-likeness (QED) is 0.219. The summed E-state index contributed by atoms with van der Waals surface area (Å²) < 4.78 is 0. The molecule has 1 heterocycles. The number of amides is 3. The summed E-state index contributed by atoms with van der Waals surface area (Å²) in [6.07, 6.45) is 4.90. The number of hydrogen-bond donors (Lipinski definition) is 6. The van der Waals surface area contributed by atoms with E-state index < -0.39 is 47.9 Å². The molecule has 2 aromatic rings. The SMILES string of the molecule is CCC(C)C(NC(=O)C(C)NC(=O)C(Cc1c[nH]c2ccccc12)NC(=O)C(N)CCSC)C(=O)O. The molecular weight excluding hydrogens is 482 g/mol. The molecule has 11 heteroatoms. The first kappa shape index (κ1) is 29.2. The van der Waals surface area contributed by atoms with Gasteiger partial charge >= 0.3 is 5.97 Å². The van der Waals surface area contributed by atoms with Gasteiger partial charge in [0.25, 0.3) is 0 Å². The number of nitrogens with one attached hydrogen (secondary N) is 4. The molecule has 7 N–H and O–H groups in total. The van der Waals surface area contributed by atoms with Crippen molar-refractivity contribution < 1.29 is 24.3 Å². The molecule has 0 fully saturated rings. The Hall–Kier alpha value is -3.05. The maximum atomic E-state index is 13.2. The molecule has 3 amide bonds. The number of fused-ring (bicyclic) bond motifs is 1. The van der Waals surface area contributed by atoms with Gasteiger partial charge in [0.15, 0.2) is 0 Å². The van der Waals surface area contributed by atoms with Crippen molar-refractivity contribution in [2.75, 3.05) is 12.0 Å². The summed E-state index contributed by atoms with van der Waals surface area (Å²) in [6, 6.07) is 3.75. The number of hydrogen-bond acceptors (Lipinski definition) is 6. The molecule has 0 aliphatic carbocycles. The fourth-order valence-corrected chi connectivity index (χ4v) is 4.21. The van der Waals surface area contributed by atoms with Crippen molar-refractivity contribution >= 4 is 46.4 Å². The van der Waals surface area contributed by atoms with Crippen LogP contribution in [0, 0.1) is 5.92 Å². The molecule has 1 aromatic heterocycles. The molecule has 0 bridgehead atoms. The minimum absolute atomic E-state index is 0.176. The Morgan fingerprint density at radius 1 is 1.06 bits per heavy atom. The summed E-state index contributed by atoms with van der Waals surface area (Å²) in [4.78, 5) is 53.3. The molecule has 36 heavy (non-hydrogen) atoms. The van der Waals surface area contributed by atoms with Crippen molar-refractivity contribution in [1.29, 1.82) is 0 Å². The number of aromatic amines is 1. The van der Waals surface area contributed by atoms with Gasteiger partial charge in [0.2, 0.25) is 17.7 Å². The number of carbonyl (C=O) groups excluding carboxylic acids is 3. The van der Waals surface area contributed by atoms with Crippen molar-refractivity contribution in [3.8, 4) is 0 Å². The van der Waals surface area contributed by atoms with Gasteiger partial charge in [-0.2, -0.15) is 11.8 Å². The fourth-order valence-electron chi connectivity index (χ4n) is 3.73. The number of nitrogens with two attached hydrogens (primary N) is 1. The molecule has 0 saturated carbocycles. The monoisotopic (exact) mass is 519 g/mol. The summed E-state index contributed by atoms with van der Waals surface area (Å²) in [5.41, 5.74) is 7.73. The number of carboxylic acid groups (broad SMARTS) is 1. The van der Waals surface area contributed by atoms with E-state index in [1.807, 2.05) is 37.4 Å². The predicted molar refractivity (Wildman–Crippen MR) is 142 cm³/mol. The van der Waals surface area contributed by atoms with E-state index >= 15 is 0 Å². The fraction of sp³-hybridized carbons (Fsp3) is 0.520. The molecule has 0 saturated heterocycles. The first-order valence-electron chi connectivity index (χ1n) is 12.0. The van der Waals surface area contributed by atoms with Crippen LogP contribution < -0.4 is 21.7 Å². The molecule has 1 aromatic carbocycles. The topological polar surface area (TPSA) is 166 Å². The number of rotatable bonds is 14. The summed E-state index contributed by atoms with van der Waals surface area (Å²) in [5.74, 6) is -2.37. The van der Waals surface area contributed by atoms with Crippen LogP contribution in [-0.2, 0) is 25.6 Å². The van der Waals surface area contributed by atoms with Gasteiger partial charge in [-0.15, -0.1) is 0 Å². The highest BCUT2D eigenvalue weighted by Gasteiger charge is 2.30. The molecule has 0 spiro atoms. The molecule has 5 unspecified atom stereocenters. The van der Waals surface area contributed by atoms with Crippen LogP contribution >= 0.6 is 11.8 Å². The Labute approximate surface area is 215 Å². The van der Waals surface area contributed by atoms with Crippen molar-refractivity contribution in [3.05, 3.63) is 36.0 Å². The molecule has 2 rings (SSSR count). The van der Waals surface area contributed by atoms with Crippen LogP contribution in [0.5, 0.6) is 0 Å². The molecule has 198 valence electrons. The van der Waals surface area contributed by atoms with Crippen LogP contribution in [0.4, 0.5) is 0 Å². The third kappa shape index (κ3) is 7.99. The van der Waals surface area contributed by atoms with Crippen LogP contribution in [0.15, 0.2) is 30.5 Å². The molecule has 10 nitrogen and oxygen atoms in total. The van der Waals surface area contributed by atoms with Gasteiger partial charge in [-0.3, -0.25) is 14.4 Å². The van der Waals surface area contributed by atoms with Gasteiger partial charge in [-0.1, -0.05) is 38.5 Å². The lowest BCUT2D eigenvalue weighted by molar-refractivity contribution is -0.143. The number of aliphatic carboxylic acids is 1. The third-order valence-electron chi connectivity index (χ3n) is 6.23. The normalized spacial score (nSPS) is 15.4. The average molecular weight is 520 g/mol. The summed E-state index contributed by atoms with van der Waals surface area (Å²) in [7, 11) is 0. The average Bonchev–Trinajstić information content (AvgIpc) is 3.27. The Bertz CT molecular complexity index is 1060. The van der Waals surface area contributed by atoms with E-state index in [4.69, 9.17) is 5.73 Å². The van der Waals surface area contributed by atoms with E-state index in [1.54, 1.807) is 24.9 Å². The largest absolute Gasteiger partial charge is 0.480 e. The number of carbonyl (C=O) groups is 4. The maximum Gasteiger partial charge on any atom is 0.326 e. The predicted octanol–water partition coefficient (Wildman–Crippen LogP) is 1.40. The molecule has 0 radical (unpaired) electrons. The number of benzene rings is 1. The minimum atomic E-state index is -1.14. The zero-order valence-corrected chi connectivity index (χ0v) is 22.0. The summed E-state index contributed by atoms with van der Waals surface area (Å²) in [6.45, 7) is 5.03. The van der Waals surface area contributed by atoms with Crippen LogP contribution in [0.2, 0.25) is 0 Å². The van der Waals surface area contributed by atoms with Gasteiger partial charge < -0.3 is 31.8 Å². The first-order chi connectivity index (χ1) is 17.1. The van der Waals surface area contributed by atoms with Gasteiger partial charge in [0.1, 0.15) is 18.1 Å². The molecular formula is C25H37N5O5S. The first-order valence-corrected chi connectivity index (χ1v) is 13.4. The van der Waals surface area contributed by atoms with Gasteiger partial charge in [-0.25, -0.2) is 4.79 Å². The molecule has 5 atom stereocenters. The number of thioether (sulfide) groups is 1. The lowest BCUT2D eigenvalue weighted by Crippen LogP contribution is -2.57. The number of aromatic nitrogens is 1. The van der Waals surface area contributed by atoms with Crippen LogP contribution in [-0.4, -0.2) is 70.0 Å². The number of H-pyrrole nitrogens is 1. The highest BCUT2D eigenvalue weighted by atomic mass is 32.2. The van der Waals surface area contributed by atoms with E-state index in [2.05, 4.69) is 20.9 Å². The lowest BCUT2D eigenvalue weighted by Gasteiger charge is -2.25. The van der Waals surface area contributed by atoms with Crippen LogP contribution in [0.3, 0.4) is 0 Å². The molecule has 0 aliphatic heterocycles. The van der Waals surface area contributed by atoms with Crippen molar-refractivity contribution in [1.82, 2.24) is 20.9 Å². The van der Waals surface area contributed by atoms with Crippen molar-refractivity contribution in [2.24, 2.45) is 11.7 Å². The number of carboxylic acids is 1. The van der Waals surface area contributed by atoms with Crippen LogP contribution in [0.1, 0.15) is 39.2 Å². The molecule has 0 aliphatic rings. The maximum absolute atomic E-state index is 13.2. The van der Waals surface area contributed by atoms with Crippen LogP contribution in [0.25, 0.3) is 10.9 Å². The Balaban J connectivity index is 2.17. The standard InChI is InChI=1S/C25H37N5O5S/c1-5-14(2)21(25(34)35)30-22(31)15(3)28-24(33)20(29-23(32)18(26)10-11-36-4)12-16-13-27-19-9-7-6-8-17(16)19/h6-9,13-15,18,20-21,27H,5,10-12,26H2,1-4H3,(H,28,33)(H,29,32)(H,30,31)(H,34,35). The van der Waals surface area contributed by atoms with Gasteiger partial charge in [0.05, 0.1) is 6.04 Å². The second-order valence-electron chi connectivity index (χ2n) is 8.95. The van der Waals surface area contributed by atoms with E-state index in [1.165, 1.54) is 6.92 Å². The second-order valence-corrected chi connectivity index (χ2v) is 9.94. The zero-order chi connectivity index (χ0) is 26.8. The third-order valence-corrected chi connectivity index (χ3v) is 6.87. The van der Waals surface area contributed by atoms with Gasteiger partial charge in [0, 0.05) is 23.5 Å². The summed E-state index contributed by atoms with van der Waals surface area (Å²) in [5, 5.41) is 18.2. The summed E-state index contributed by atoms with van der Waals surface area (Å²) >= 11 is 1.57. The Morgan fingerprint density at radius 3 is 2.39 bits per heavy atom. The van der Waals surface area contributed by atoms with E-state index in [0.29, 0.717) is 18.6 Å². The van der Waals surface area contributed by atoms with Crippen molar-refractivity contribution in [3.63, 3.8) is 0 Å². The minimum Gasteiger partial charge on any atom is -0.480 e. The van der Waals surface area contributed by atoms with E-state index in [-0.39, 0.29) is 12.3 Å². The second kappa shape index (κ2) is 13.9. The van der Waals surface area contributed by atoms with E-state index in [9.17, 15) is 24.3 Å². The lowest BCUT2D eigenvalue weighted by atomic mass is 9.99. The highest BCUT2D eigenvalue weighted by Crippen LogP contribution is 2.19. The Morgan fingerprint density at radius 2 is 1.75 bits per heavy atom.